The van der Waals surface area contributed by atoms with E-state index in [0.717, 1.165) is 32.7 Å². The van der Waals surface area contributed by atoms with Crippen molar-refractivity contribution in [1.82, 2.24) is 5.32 Å². The average molecular weight is 187 g/mol. The first-order valence-electron chi connectivity index (χ1n) is 4.73. The van der Waals surface area contributed by atoms with E-state index >= 15 is 0 Å². The molecule has 0 heterocycles. The lowest BCUT2D eigenvalue weighted by molar-refractivity contribution is 0.0510. The number of hydrogen-bond acceptors (Lipinski definition) is 3. The van der Waals surface area contributed by atoms with Crippen molar-refractivity contribution in [2.75, 3.05) is 33.4 Å². The Bertz CT molecular complexity index is 117. The second-order valence-electron chi connectivity index (χ2n) is 2.97. The summed E-state index contributed by atoms with van der Waals surface area (Å²) in [4.78, 5) is 0. The molecule has 0 bridgehead atoms. The van der Waals surface area contributed by atoms with Crippen LogP contribution in [0.3, 0.4) is 0 Å². The summed E-state index contributed by atoms with van der Waals surface area (Å²) in [5, 5.41) is 3.20. The zero-order chi connectivity index (χ0) is 9.94. The Morgan fingerprint density at radius 1 is 1.46 bits per heavy atom. The van der Waals surface area contributed by atoms with Gasteiger partial charge in [0, 0.05) is 33.4 Å². The predicted molar refractivity (Wildman–Crippen MR) is 55.0 cm³/mol. The van der Waals surface area contributed by atoms with E-state index in [2.05, 4.69) is 18.8 Å². The lowest BCUT2D eigenvalue weighted by Gasteiger charge is -2.12. The van der Waals surface area contributed by atoms with E-state index < -0.39 is 0 Å². The van der Waals surface area contributed by atoms with Crippen LogP contribution in [0.25, 0.3) is 0 Å². The van der Waals surface area contributed by atoms with Crippen LogP contribution in [-0.4, -0.2) is 39.5 Å². The summed E-state index contributed by atoms with van der Waals surface area (Å²) in [6, 6.07) is 0. The quantitative estimate of drug-likeness (QED) is 0.434. The summed E-state index contributed by atoms with van der Waals surface area (Å²) in [6.07, 6.45) is 3.07. The van der Waals surface area contributed by atoms with Crippen LogP contribution in [0.15, 0.2) is 12.7 Å². The van der Waals surface area contributed by atoms with E-state index in [1.807, 2.05) is 6.08 Å². The highest BCUT2D eigenvalue weighted by Crippen LogP contribution is 1.91. The highest BCUT2D eigenvalue weighted by molar-refractivity contribution is 4.70. The van der Waals surface area contributed by atoms with Crippen molar-refractivity contribution >= 4 is 0 Å². The number of ether oxygens (including phenoxy) is 2. The van der Waals surface area contributed by atoms with Gasteiger partial charge in [-0.2, -0.15) is 0 Å². The Hall–Kier alpha value is -0.380. The molecule has 0 saturated carbocycles. The molecule has 0 spiro atoms. The molecule has 3 nitrogen and oxygen atoms in total. The highest BCUT2D eigenvalue weighted by Gasteiger charge is 1.99. The van der Waals surface area contributed by atoms with Crippen molar-refractivity contribution in [1.29, 1.82) is 0 Å². The second kappa shape index (κ2) is 9.71. The average Bonchev–Trinajstić information content (AvgIpc) is 2.13. The van der Waals surface area contributed by atoms with E-state index in [4.69, 9.17) is 9.47 Å². The van der Waals surface area contributed by atoms with Gasteiger partial charge in [-0.25, -0.2) is 0 Å². The van der Waals surface area contributed by atoms with Crippen molar-refractivity contribution in [2.24, 2.45) is 0 Å². The third-order valence-corrected chi connectivity index (χ3v) is 1.62. The van der Waals surface area contributed by atoms with E-state index in [-0.39, 0.29) is 6.10 Å². The first-order valence-corrected chi connectivity index (χ1v) is 4.73. The first-order chi connectivity index (χ1) is 6.31. The van der Waals surface area contributed by atoms with Crippen molar-refractivity contribution in [2.45, 2.75) is 19.4 Å². The van der Waals surface area contributed by atoms with Crippen LogP contribution in [0, 0.1) is 0 Å². The lowest BCUT2D eigenvalue weighted by Crippen LogP contribution is -2.27. The van der Waals surface area contributed by atoms with Crippen LogP contribution in [0.2, 0.25) is 0 Å². The van der Waals surface area contributed by atoms with E-state index in [9.17, 15) is 0 Å². The molecule has 0 aromatic heterocycles. The SMILES string of the molecule is C=CCNCC(C)OCCCOC. The van der Waals surface area contributed by atoms with Crippen molar-refractivity contribution in [3.05, 3.63) is 12.7 Å². The molecule has 1 unspecified atom stereocenters. The van der Waals surface area contributed by atoms with Crippen LogP contribution in [0.1, 0.15) is 13.3 Å². The first kappa shape index (κ1) is 12.6. The minimum atomic E-state index is 0.261. The third kappa shape index (κ3) is 9.53. The fourth-order valence-corrected chi connectivity index (χ4v) is 0.935. The molecule has 0 aliphatic carbocycles. The maximum absolute atomic E-state index is 5.51. The Morgan fingerprint density at radius 2 is 2.23 bits per heavy atom. The molecule has 13 heavy (non-hydrogen) atoms. The van der Waals surface area contributed by atoms with Gasteiger partial charge < -0.3 is 14.8 Å². The van der Waals surface area contributed by atoms with Crippen molar-refractivity contribution < 1.29 is 9.47 Å². The van der Waals surface area contributed by atoms with Gasteiger partial charge in [-0.3, -0.25) is 0 Å². The standard InChI is InChI=1S/C10H21NO2/c1-4-6-11-9-10(2)13-8-5-7-12-3/h4,10-11H,1,5-9H2,2-3H3. The van der Waals surface area contributed by atoms with Gasteiger partial charge in [-0.15, -0.1) is 6.58 Å². The largest absolute Gasteiger partial charge is 0.385 e. The van der Waals surface area contributed by atoms with E-state index in [1.165, 1.54) is 0 Å². The summed E-state index contributed by atoms with van der Waals surface area (Å²) in [5.74, 6) is 0. The third-order valence-electron chi connectivity index (χ3n) is 1.62. The van der Waals surface area contributed by atoms with Gasteiger partial charge in [0.15, 0.2) is 0 Å². The molecule has 0 saturated heterocycles. The molecule has 0 aromatic rings. The lowest BCUT2D eigenvalue weighted by atomic mass is 10.4. The molecular formula is C10H21NO2. The summed E-state index contributed by atoms with van der Waals surface area (Å²) in [6.45, 7) is 8.93. The molecular weight excluding hydrogens is 166 g/mol. The molecule has 0 rings (SSSR count). The molecule has 0 radical (unpaired) electrons. The Kier molecular flexibility index (Phi) is 9.42. The number of nitrogens with one attached hydrogen (secondary N) is 1. The number of methoxy groups -OCH3 is 1. The summed E-state index contributed by atoms with van der Waals surface area (Å²) in [5.41, 5.74) is 0. The predicted octanol–water partition coefficient (Wildman–Crippen LogP) is 1.20. The van der Waals surface area contributed by atoms with Crippen LogP contribution in [0.4, 0.5) is 0 Å². The van der Waals surface area contributed by atoms with Crippen LogP contribution < -0.4 is 5.32 Å². The van der Waals surface area contributed by atoms with Crippen molar-refractivity contribution in [3.63, 3.8) is 0 Å². The maximum atomic E-state index is 5.51. The summed E-state index contributed by atoms with van der Waals surface area (Å²) in [7, 11) is 1.70. The number of hydrogen-bond donors (Lipinski definition) is 1. The van der Waals surface area contributed by atoms with Crippen molar-refractivity contribution in [3.8, 4) is 0 Å². The molecule has 1 N–H and O–H groups in total. The number of rotatable bonds is 9. The van der Waals surface area contributed by atoms with Crippen LogP contribution in [-0.2, 0) is 9.47 Å². The molecule has 0 fully saturated rings. The normalized spacial score (nSPS) is 12.8. The van der Waals surface area contributed by atoms with Gasteiger partial charge in [0.25, 0.3) is 0 Å². The second-order valence-corrected chi connectivity index (χ2v) is 2.97. The monoisotopic (exact) mass is 187 g/mol. The smallest absolute Gasteiger partial charge is 0.0671 e. The fraction of sp³-hybridized carbons (Fsp3) is 0.800. The maximum Gasteiger partial charge on any atom is 0.0671 e. The molecule has 1 atom stereocenters. The summed E-state index contributed by atoms with van der Waals surface area (Å²) >= 11 is 0. The summed E-state index contributed by atoms with van der Waals surface area (Å²) < 4.78 is 10.4. The van der Waals surface area contributed by atoms with Gasteiger partial charge >= 0.3 is 0 Å². The zero-order valence-corrected chi connectivity index (χ0v) is 8.71. The Morgan fingerprint density at radius 3 is 2.85 bits per heavy atom. The van der Waals surface area contributed by atoms with Gasteiger partial charge in [-0.05, 0) is 13.3 Å². The molecule has 0 aliphatic heterocycles. The highest BCUT2D eigenvalue weighted by atomic mass is 16.5. The molecule has 78 valence electrons. The van der Waals surface area contributed by atoms with Gasteiger partial charge in [0.05, 0.1) is 6.10 Å². The van der Waals surface area contributed by atoms with E-state index in [1.54, 1.807) is 7.11 Å². The van der Waals surface area contributed by atoms with Crippen LogP contribution >= 0.6 is 0 Å². The zero-order valence-electron chi connectivity index (χ0n) is 8.71. The molecule has 3 heteroatoms. The molecule has 0 amide bonds. The molecule has 0 aromatic carbocycles. The Labute approximate surface area is 81.1 Å². The van der Waals surface area contributed by atoms with Gasteiger partial charge in [-0.1, -0.05) is 6.08 Å². The van der Waals surface area contributed by atoms with Crippen LogP contribution in [0.5, 0.6) is 0 Å². The van der Waals surface area contributed by atoms with Gasteiger partial charge in [0.2, 0.25) is 0 Å². The van der Waals surface area contributed by atoms with E-state index in [0.29, 0.717) is 0 Å². The fourth-order valence-electron chi connectivity index (χ4n) is 0.935. The Balaban J connectivity index is 3.09. The molecule has 0 aliphatic rings. The topological polar surface area (TPSA) is 30.5 Å². The van der Waals surface area contributed by atoms with Gasteiger partial charge in [0.1, 0.15) is 0 Å². The minimum Gasteiger partial charge on any atom is -0.385 e. The minimum absolute atomic E-state index is 0.261.